The molecule has 0 radical (unpaired) electrons. The van der Waals surface area contributed by atoms with Gasteiger partial charge in [-0.3, -0.25) is 4.90 Å². The van der Waals surface area contributed by atoms with Gasteiger partial charge in [0.2, 0.25) is 0 Å². The van der Waals surface area contributed by atoms with Crippen molar-refractivity contribution in [3.8, 4) is 5.75 Å². The number of hydrogen-bond donors (Lipinski definition) is 1. The second kappa shape index (κ2) is 5.29. The molecule has 0 spiro atoms. The van der Waals surface area contributed by atoms with E-state index in [9.17, 15) is 0 Å². The van der Waals surface area contributed by atoms with Crippen LogP contribution in [0.5, 0.6) is 5.75 Å². The first-order chi connectivity index (χ1) is 8.56. The van der Waals surface area contributed by atoms with Gasteiger partial charge in [-0.1, -0.05) is 19.1 Å². The Kier molecular flexibility index (Phi) is 3.93. The first-order valence-electron chi connectivity index (χ1n) is 6.62. The molecular weight excluding hydrogens is 224 g/mol. The molecule has 1 aromatic carbocycles. The van der Waals surface area contributed by atoms with Gasteiger partial charge in [-0.2, -0.15) is 0 Å². The Labute approximate surface area is 110 Å². The Morgan fingerprint density at radius 2 is 2.22 bits per heavy atom. The van der Waals surface area contributed by atoms with Crippen molar-refractivity contribution in [2.45, 2.75) is 26.8 Å². The highest BCUT2D eigenvalue weighted by atomic mass is 16.5. The summed E-state index contributed by atoms with van der Waals surface area (Å²) >= 11 is 0. The Morgan fingerprint density at radius 3 is 2.83 bits per heavy atom. The molecule has 1 saturated heterocycles. The molecule has 18 heavy (non-hydrogen) atoms. The van der Waals surface area contributed by atoms with Crippen LogP contribution in [0.15, 0.2) is 18.2 Å². The molecule has 100 valence electrons. The van der Waals surface area contributed by atoms with Crippen LogP contribution in [-0.2, 0) is 6.54 Å². The van der Waals surface area contributed by atoms with Gasteiger partial charge in [0, 0.05) is 13.1 Å². The van der Waals surface area contributed by atoms with E-state index in [1.165, 1.54) is 17.5 Å². The van der Waals surface area contributed by atoms with Crippen molar-refractivity contribution < 1.29 is 4.74 Å². The van der Waals surface area contributed by atoms with Gasteiger partial charge in [-0.05, 0) is 49.0 Å². The monoisotopic (exact) mass is 248 g/mol. The molecule has 1 unspecified atom stereocenters. The minimum absolute atomic E-state index is 0.300. The van der Waals surface area contributed by atoms with E-state index in [2.05, 4.69) is 36.9 Å². The van der Waals surface area contributed by atoms with Crippen molar-refractivity contribution in [1.29, 1.82) is 0 Å². The summed E-state index contributed by atoms with van der Waals surface area (Å²) in [5.74, 6) is 0.980. The molecule has 0 bridgehead atoms. The van der Waals surface area contributed by atoms with E-state index in [-0.39, 0.29) is 0 Å². The third-order valence-electron chi connectivity index (χ3n) is 4.01. The average molecular weight is 248 g/mol. The van der Waals surface area contributed by atoms with Crippen molar-refractivity contribution in [3.05, 3.63) is 29.3 Å². The normalized spacial score (nSPS) is 24.4. The highest BCUT2D eigenvalue weighted by Gasteiger charge is 2.32. The zero-order valence-corrected chi connectivity index (χ0v) is 11.7. The molecule has 1 aliphatic heterocycles. The standard InChI is InChI=1S/C15H24N2O/c1-12-4-5-13(8-14(12)18-3)9-17-7-6-15(2,10-16)11-17/h4-5,8H,6-7,9-11,16H2,1-3H3. The molecule has 2 N–H and O–H groups in total. The second-order valence-electron chi connectivity index (χ2n) is 5.78. The molecule has 2 rings (SSSR count). The summed E-state index contributed by atoms with van der Waals surface area (Å²) in [7, 11) is 1.73. The van der Waals surface area contributed by atoms with Crippen LogP contribution in [-0.4, -0.2) is 31.6 Å². The van der Waals surface area contributed by atoms with Crippen LogP contribution in [0.3, 0.4) is 0 Å². The summed E-state index contributed by atoms with van der Waals surface area (Å²) in [6.07, 6.45) is 1.20. The maximum atomic E-state index is 5.84. The molecule has 1 fully saturated rings. The van der Waals surface area contributed by atoms with Crippen LogP contribution in [0.1, 0.15) is 24.5 Å². The molecule has 3 heteroatoms. The van der Waals surface area contributed by atoms with Crippen LogP contribution in [0, 0.1) is 12.3 Å². The van der Waals surface area contributed by atoms with Gasteiger partial charge in [0.1, 0.15) is 5.75 Å². The predicted octanol–water partition coefficient (Wildman–Crippen LogP) is 2.17. The Hall–Kier alpha value is -1.06. The average Bonchev–Trinajstić information content (AvgIpc) is 2.74. The number of benzene rings is 1. The zero-order valence-electron chi connectivity index (χ0n) is 11.7. The van der Waals surface area contributed by atoms with E-state index in [1.54, 1.807) is 7.11 Å². The molecular formula is C15H24N2O. The van der Waals surface area contributed by atoms with Crippen molar-refractivity contribution in [1.82, 2.24) is 4.90 Å². The van der Waals surface area contributed by atoms with E-state index >= 15 is 0 Å². The smallest absolute Gasteiger partial charge is 0.122 e. The molecule has 1 atom stereocenters. The van der Waals surface area contributed by atoms with Crippen LogP contribution in [0.2, 0.25) is 0 Å². The highest BCUT2D eigenvalue weighted by Crippen LogP contribution is 2.30. The summed E-state index contributed by atoms with van der Waals surface area (Å²) in [5.41, 5.74) is 8.65. The third kappa shape index (κ3) is 2.85. The fourth-order valence-corrected chi connectivity index (χ4v) is 2.65. The van der Waals surface area contributed by atoms with Crippen LogP contribution >= 0.6 is 0 Å². The van der Waals surface area contributed by atoms with Crippen molar-refractivity contribution >= 4 is 0 Å². The summed E-state index contributed by atoms with van der Waals surface area (Å²) in [6.45, 7) is 8.36. The van der Waals surface area contributed by atoms with Crippen molar-refractivity contribution in [2.75, 3.05) is 26.7 Å². The number of aryl methyl sites for hydroxylation is 1. The van der Waals surface area contributed by atoms with E-state index in [4.69, 9.17) is 10.5 Å². The highest BCUT2D eigenvalue weighted by molar-refractivity contribution is 5.36. The fourth-order valence-electron chi connectivity index (χ4n) is 2.65. The van der Waals surface area contributed by atoms with Crippen molar-refractivity contribution in [3.63, 3.8) is 0 Å². The molecule has 0 amide bonds. The van der Waals surface area contributed by atoms with Gasteiger partial charge in [-0.15, -0.1) is 0 Å². The first-order valence-corrected chi connectivity index (χ1v) is 6.62. The molecule has 0 aromatic heterocycles. The topological polar surface area (TPSA) is 38.5 Å². The maximum Gasteiger partial charge on any atom is 0.122 e. The maximum absolute atomic E-state index is 5.84. The lowest BCUT2D eigenvalue weighted by Crippen LogP contribution is -2.31. The molecule has 1 aliphatic rings. The number of rotatable bonds is 4. The number of ether oxygens (including phenoxy) is 1. The quantitative estimate of drug-likeness (QED) is 0.887. The predicted molar refractivity (Wildman–Crippen MR) is 74.8 cm³/mol. The van der Waals surface area contributed by atoms with Gasteiger partial charge in [0.15, 0.2) is 0 Å². The van der Waals surface area contributed by atoms with Gasteiger partial charge in [0.05, 0.1) is 7.11 Å². The van der Waals surface area contributed by atoms with Gasteiger partial charge in [0.25, 0.3) is 0 Å². The van der Waals surface area contributed by atoms with Gasteiger partial charge in [-0.25, -0.2) is 0 Å². The van der Waals surface area contributed by atoms with Crippen LogP contribution in [0.25, 0.3) is 0 Å². The number of likely N-dealkylation sites (tertiary alicyclic amines) is 1. The molecule has 0 saturated carbocycles. The van der Waals surface area contributed by atoms with E-state index in [0.717, 1.165) is 31.9 Å². The van der Waals surface area contributed by atoms with E-state index in [1.807, 2.05) is 0 Å². The third-order valence-corrected chi connectivity index (χ3v) is 4.01. The summed E-state index contributed by atoms with van der Waals surface area (Å²) in [6, 6.07) is 6.47. The van der Waals surface area contributed by atoms with Crippen LogP contribution in [0.4, 0.5) is 0 Å². The largest absolute Gasteiger partial charge is 0.496 e. The fraction of sp³-hybridized carbons (Fsp3) is 0.600. The SMILES string of the molecule is COc1cc(CN2CCC(C)(CN)C2)ccc1C. The van der Waals surface area contributed by atoms with E-state index in [0.29, 0.717) is 5.41 Å². The number of nitrogens with zero attached hydrogens (tertiary/aromatic N) is 1. The summed E-state index contributed by atoms with van der Waals surface area (Å²) < 4.78 is 5.37. The van der Waals surface area contributed by atoms with Crippen LogP contribution < -0.4 is 10.5 Å². The molecule has 1 aromatic rings. The number of nitrogens with two attached hydrogens (primary N) is 1. The molecule has 1 heterocycles. The first kappa shape index (κ1) is 13.4. The Morgan fingerprint density at radius 1 is 1.44 bits per heavy atom. The lowest BCUT2D eigenvalue weighted by molar-refractivity contribution is 0.274. The number of hydrogen-bond acceptors (Lipinski definition) is 3. The Bertz CT molecular complexity index is 419. The number of methoxy groups -OCH3 is 1. The Balaban J connectivity index is 2.02. The summed E-state index contributed by atoms with van der Waals surface area (Å²) in [4.78, 5) is 2.48. The molecule has 0 aliphatic carbocycles. The zero-order chi connectivity index (χ0) is 13.2. The van der Waals surface area contributed by atoms with Crippen molar-refractivity contribution in [2.24, 2.45) is 11.1 Å². The molecule has 3 nitrogen and oxygen atoms in total. The second-order valence-corrected chi connectivity index (χ2v) is 5.78. The minimum Gasteiger partial charge on any atom is -0.496 e. The lowest BCUT2D eigenvalue weighted by Gasteiger charge is -2.22. The van der Waals surface area contributed by atoms with E-state index < -0.39 is 0 Å². The minimum atomic E-state index is 0.300. The lowest BCUT2D eigenvalue weighted by atomic mass is 9.90. The van der Waals surface area contributed by atoms with Gasteiger partial charge < -0.3 is 10.5 Å². The van der Waals surface area contributed by atoms with Gasteiger partial charge >= 0.3 is 0 Å². The summed E-state index contributed by atoms with van der Waals surface area (Å²) in [5, 5.41) is 0.